The van der Waals surface area contributed by atoms with Crippen molar-refractivity contribution in [2.45, 2.75) is 82.8 Å². The monoisotopic (exact) mass is 628 g/mol. The van der Waals surface area contributed by atoms with Gasteiger partial charge >= 0.3 is 12.1 Å². The number of esters is 1. The lowest BCUT2D eigenvalue weighted by molar-refractivity contribution is -0.148. The lowest BCUT2D eigenvalue weighted by Crippen LogP contribution is -2.56. The van der Waals surface area contributed by atoms with Gasteiger partial charge in [0.05, 0.1) is 6.04 Å². The van der Waals surface area contributed by atoms with E-state index in [-0.39, 0.29) is 24.5 Å². The van der Waals surface area contributed by atoms with Crippen molar-refractivity contribution in [2.75, 3.05) is 20.1 Å². The molecule has 4 rings (SSSR count). The molecule has 3 aromatic carbocycles. The second kappa shape index (κ2) is 16.4. The van der Waals surface area contributed by atoms with Gasteiger partial charge in [0.15, 0.2) is 0 Å². The molecule has 9 heteroatoms. The van der Waals surface area contributed by atoms with Crippen LogP contribution < -0.4 is 16.0 Å². The maximum absolute atomic E-state index is 14.3. The molecular weight excluding hydrogens is 580 g/mol. The molecule has 1 aliphatic heterocycles. The molecule has 0 radical (unpaired) electrons. The highest BCUT2D eigenvalue weighted by molar-refractivity contribution is 5.83. The zero-order valence-electron chi connectivity index (χ0n) is 27.6. The Balaban J connectivity index is 1.57. The summed E-state index contributed by atoms with van der Waals surface area (Å²) >= 11 is 0. The van der Waals surface area contributed by atoms with Crippen LogP contribution in [0.5, 0.6) is 0 Å². The van der Waals surface area contributed by atoms with E-state index in [9.17, 15) is 14.4 Å². The average Bonchev–Trinajstić information content (AvgIpc) is 3.17. The smallest absolute Gasteiger partial charge is 0.407 e. The van der Waals surface area contributed by atoms with Crippen LogP contribution in [0.4, 0.5) is 4.79 Å². The Bertz CT molecular complexity index is 1360. The fourth-order valence-electron chi connectivity index (χ4n) is 5.87. The van der Waals surface area contributed by atoms with Crippen molar-refractivity contribution in [2.24, 2.45) is 0 Å². The number of hydrogen-bond acceptors (Lipinski definition) is 7. The number of carbonyl (C=O) groups is 3. The van der Waals surface area contributed by atoms with Crippen molar-refractivity contribution in [3.05, 3.63) is 108 Å². The first kappa shape index (κ1) is 34.7. The van der Waals surface area contributed by atoms with Crippen molar-refractivity contribution in [1.29, 1.82) is 0 Å². The van der Waals surface area contributed by atoms with E-state index in [1.807, 2.05) is 78.6 Å². The molecule has 46 heavy (non-hydrogen) atoms. The number of hydrogen-bond donors (Lipinski definition) is 3. The second-order valence-electron chi connectivity index (χ2n) is 12.9. The average molecular weight is 629 g/mol. The first-order valence-electron chi connectivity index (χ1n) is 16.1. The predicted octanol–water partition coefficient (Wildman–Crippen LogP) is 5.01. The van der Waals surface area contributed by atoms with Gasteiger partial charge in [-0.15, -0.1) is 0 Å². The van der Waals surface area contributed by atoms with Crippen molar-refractivity contribution in [3.8, 4) is 0 Å². The normalized spacial score (nSPS) is 18.4. The van der Waals surface area contributed by atoms with Gasteiger partial charge in [-0.1, -0.05) is 91.0 Å². The summed E-state index contributed by atoms with van der Waals surface area (Å²) in [6.45, 7) is 8.34. The molecule has 2 unspecified atom stereocenters. The quantitative estimate of drug-likeness (QED) is 0.242. The van der Waals surface area contributed by atoms with Crippen molar-refractivity contribution >= 4 is 18.0 Å². The van der Waals surface area contributed by atoms with Crippen LogP contribution in [0.1, 0.15) is 63.1 Å². The Kier molecular flexibility index (Phi) is 12.3. The molecule has 0 aliphatic carbocycles. The summed E-state index contributed by atoms with van der Waals surface area (Å²) in [4.78, 5) is 42.1. The van der Waals surface area contributed by atoms with E-state index >= 15 is 0 Å². The van der Waals surface area contributed by atoms with Crippen LogP contribution in [0.3, 0.4) is 0 Å². The van der Waals surface area contributed by atoms with Gasteiger partial charge in [-0.2, -0.15) is 0 Å². The van der Waals surface area contributed by atoms with Gasteiger partial charge in [-0.05, 0) is 64.3 Å². The van der Waals surface area contributed by atoms with Gasteiger partial charge in [0, 0.05) is 31.1 Å². The minimum Gasteiger partial charge on any atom is -0.460 e. The van der Waals surface area contributed by atoms with Crippen molar-refractivity contribution < 1.29 is 23.9 Å². The van der Waals surface area contributed by atoms with Crippen molar-refractivity contribution in [3.63, 3.8) is 0 Å². The Morgan fingerprint density at radius 1 is 0.935 bits per heavy atom. The van der Waals surface area contributed by atoms with Crippen LogP contribution in [-0.2, 0) is 25.7 Å². The van der Waals surface area contributed by atoms with Crippen LogP contribution in [0.25, 0.3) is 0 Å². The second-order valence-corrected chi connectivity index (χ2v) is 12.9. The Hall–Kier alpha value is -4.21. The highest BCUT2D eigenvalue weighted by atomic mass is 16.6. The molecule has 0 aromatic heterocycles. The number of carbonyl (C=O) groups excluding carboxylic acids is 3. The Morgan fingerprint density at radius 3 is 2.04 bits per heavy atom. The summed E-state index contributed by atoms with van der Waals surface area (Å²) < 4.78 is 11.2. The van der Waals surface area contributed by atoms with E-state index < -0.39 is 35.8 Å². The molecular formula is C37H48N4O5. The molecule has 0 spiro atoms. The number of likely N-dealkylation sites (N-methyl/N-ethyl adjacent to an activating group) is 1. The summed E-state index contributed by atoms with van der Waals surface area (Å²) in [7, 11) is 1.73. The summed E-state index contributed by atoms with van der Waals surface area (Å²) in [6.07, 6.45) is 0.292. The maximum Gasteiger partial charge on any atom is 0.407 e. The lowest BCUT2D eigenvalue weighted by Gasteiger charge is -2.31. The summed E-state index contributed by atoms with van der Waals surface area (Å²) in [6, 6.07) is 27.8. The van der Waals surface area contributed by atoms with Gasteiger partial charge in [0.2, 0.25) is 5.91 Å². The van der Waals surface area contributed by atoms with Gasteiger partial charge in [0.25, 0.3) is 0 Å². The molecule has 1 aliphatic rings. The highest BCUT2D eigenvalue weighted by Gasteiger charge is 2.38. The Morgan fingerprint density at radius 2 is 1.50 bits per heavy atom. The fourth-order valence-corrected chi connectivity index (χ4v) is 5.87. The molecule has 1 saturated heterocycles. The highest BCUT2D eigenvalue weighted by Crippen LogP contribution is 2.27. The molecule has 4 atom stereocenters. The molecule has 3 aromatic rings. The zero-order chi connectivity index (χ0) is 33.1. The van der Waals surface area contributed by atoms with Gasteiger partial charge < -0.3 is 30.3 Å². The number of amides is 2. The van der Waals surface area contributed by atoms with E-state index in [1.54, 1.807) is 27.8 Å². The first-order valence-corrected chi connectivity index (χ1v) is 16.1. The van der Waals surface area contributed by atoms with Crippen LogP contribution in [0, 0.1) is 0 Å². The SMILES string of the molecule is CNC(C(=O)OCc1ccccc1)[C@@H]1CCN(CC(c2ccccc2)c2ccccc2)C(=O)[C@H](CC(C)NC(=O)OC(C)(C)C)N1. The molecule has 2 amide bonds. The fraction of sp³-hybridized carbons (Fsp3) is 0.432. The summed E-state index contributed by atoms with van der Waals surface area (Å²) in [5, 5.41) is 9.49. The third kappa shape index (κ3) is 10.2. The minimum atomic E-state index is -0.688. The number of nitrogens with zero attached hydrogens (tertiary/aromatic N) is 1. The van der Waals surface area contributed by atoms with Gasteiger partial charge in [0.1, 0.15) is 18.2 Å². The van der Waals surface area contributed by atoms with Gasteiger partial charge in [-0.3, -0.25) is 9.59 Å². The van der Waals surface area contributed by atoms with E-state index in [1.165, 1.54) is 0 Å². The topological polar surface area (TPSA) is 109 Å². The molecule has 9 nitrogen and oxygen atoms in total. The van der Waals surface area contributed by atoms with Crippen LogP contribution in [0.15, 0.2) is 91.0 Å². The summed E-state index contributed by atoms with van der Waals surface area (Å²) in [5.74, 6) is -0.517. The van der Waals surface area contributed by atoms with Crippen LogP contribution >= 0.6 is 0 Å². The van der Waals surface area contributed by atoms with E-state index in [2.05, 4.69) is 40.2 Å². The largest absolute Gasteiger partial charge is 0.460 e. The standard InChI is InChI=1S/C37H48N4O5/c1-26(39-36(44)46-37(2,3)4)23-32-34(42)41(24-30(28-17-11-7-12-18-28)29-19-13-8-14-20-29)22-21-31(40-32)33(38-5)35(43)45-25-27-15-9-6-10-16-27/h6-20,26,30-33,38,40H,21-25H2,1-5H3,(H,39,44)/t26?,31-,32-,33?/m0/s1. The minimum absolute atomic E-state index is 0.0446. The molecule has 246 valence electrons. The number of rotatable bonds is 12. The molecule has 3 N–H and O–H groups in total. The number of nitrogens with one attached hydrogen (secondary N) is 3. The third-order valence-corrected chi connectivity index (χ3v) is 8.09. The van der Waals surface area contributed by atoms with Crippen LogP contribution in [0.2, 0.25) is 0 Å². The number of ether oxygens (including phenoxy) is 2. The number of benzene rings is 3. The molecule has 0 saturated carbocycles. The molecule has 0 bridgehead atoms. The van der Waals surface area contributed by atoms with Crippen molar-refractivity contribution in [1.82, 2.24) is 20.9 Å². The van der Waals surface area contributed by atoms with E-state index in [4.69, 9.17) is 9.47 Å². The summed E-state index contributed by atoms with van der Waals surface area (Å²) in [5.41, 5.74) is 2.48. The maximum atomic E-state index is 14.3. The van der Waals surface area contributed by atoms with Gasteiger partial charge in [-0.25, -0.2) is 4.79 Å². The lowest BCUT2D eigenvalue weighted by atomic mass is 9.90. The molecule has 1 heterocycles. The van der Waals surface area contributed by atoms with E-state index in [0.29, 0.717) is 25.9 Å². The molecule has 1 fully saturated rings. The third-order valence-electron chi connectivity index (χ3n) is 8.09. The van der Waals surface area contributed by atoms with Crippen LogP contribution in [-0.4, -0.2) is 72.8 Å². The number of alkyl carbamates (subject to hydrolysis) is 1. The van der Waals surface area contributed by atoms with E-state index in [0.717, 1.165) is 16.7 Å². The Labute approximate surface area is 273 Å². The first-order chi connectivity index (χ1) is 22.0. The predicted molar refractivity (Wildman–Crippen MR) is 179 cm³/mol. The zero-order valence-corrected chi connectivity index (χ0v) is 27.6.